The lowest BCUT2D eigenvalue weighted by atomic mass is 9.90. The number of rotatable bonds is 3. The molecule has 10 heteroatoms. The molecule has 0 saturated carbocycles. The van der Waals surface area contributed by atoms with E-state index in [9.17, 15) is 30.7 Å². The van der Waals surface area contributed by atoms with Crippen LogP contribution < -0.4 is 14.2 Å². The fourth-order valence-corrected chi connectivity index (χ4v) is 3.69. The molecule has 0 bridgehead atoms. The Morgan fingerprint density at radius 1 is 0.345 bits per heavy atom. The first-order valence-corrected chi connectivity index (χ1v) is 7.91. The third-order valence-electron chi connectivity index (χ3n) is 4.82. The maximum atomic E-state index is 14.9. The van der Waals surface area contributed by atoms with Gasteiger partial charge >= 0.3 is 0 Å². The molecule has 4 rings (SSSR count). The molecule has 0 aliphatic heterocycles. The van der Waals surface area contributed by atoms with Crippen LogP contribution in [0, 0.1) is 40.7 Å². The van der Waals surface area contributed by atoms with Gasteiger partial charge in [0.1, 0.15) is 0 Å². The third-order valence-corrected chi connectivity index (χ3v) is 4.82. The molecule has 0 aliphatic carbocycles. The number of benzene rings is 4. The second-order valence-electron chi connectivity index (χ2n) is 6.05. The van der Waals surface area contributed by atoms with Gasteiger partial charge in [0.05, 0.1) is 42.9 Å². The molecule has 0 N–H and O–H groups in total. The molecule has 4 aromatic carbocycles. The van der Waals surface area contributed by atoms with Gasteiger partial charge < -0.3 is 14.2 Å². The summed E-state index contributed by atoms with van der Waals surface area (Å²) in [5.41, 5.74) is 0. The molecule has 0 saturated heterocycles. The summed E-state index contributed by atoms with van der Waals surface area (Å²) in [6, 6.07) is 0. The van der Waals surface area contributed by atoms with Crippen molar-refractivity contribution in [2.24, 2.45) is 0 Å². The molecule has 29 heavy (non-hydrogen) atoms. The van der Waals surface area contributed by atoms with E-state index in [-0.39, 0.29) is 0 Å². The van der Waals surface area contributed by atoms with Crippen LogP contribution in [0.1, 0.15) is 0 Å². The van der Waals surface area contributed by atoms with E-state index in [4.69, 9.17) is 9.47 Å². The van der Waals surface area contributed by atoms with Gasteiger partial charge in [0.2, 0.25) is 11.6 Å². The molecule has 0 radical (unpaired) electrons. The first-order valence-electron chi connectivity index (χ1n) is 7.91. The molecular weight excluding hydrogens is 409 g/mol. The zero-order chi connectivity index (χ0) is 21.4. The standard InChI is InChI=1S/C19H9F7O3/c1-27-17-7-4-5-8(12(22)10(20)6(4)11(21)15(17)25)18(28-2)16(26)19(29-3)9(5)14(24)13(7)23/h1-3H3. The SMILES string of the molecule is COc1c(F)c(F)c2c(F)c(F)c3c(OC)c(F)c(OC)c4c(F)c(F)c1c2c34. The Bertz CT molecular complexity index is 1310. The van der Waals surface area contributed by atoms with E-state index < -0.39 is 90.3 Å². The summed E-state index contributed by atoms with van der Waals surface area (Å²) in [6.45, 7) is 0. The van der Waals surface area contributed by atoms with Crippen molar-refractivity contribution in [1.29, 1.82) is 0 Å². The Labute approximate surface area is 157 Å². The molecule has 0 aliphatic rings. The minimum absolute atomic E-state index is 0.653. The van der Waals surface area contributed by atoms with Gasteiger partial charge in [-0.15, -0.1) is 0 Å². The molecular formula is C19H9F7O3. The molecule has 3 nitrogen and oxygen atoms in total. The largest absolute Gasteiger partial charge is 0.493 e. The van der Waals surface area contributed by atoms with Crippen LogP contribution in [0.5, 0.6) is 17.2 Å². The van der Waals surface area contributed by atoms with Crippen molar-refractivity contribution < 1.29 is 44.9 Å². The van der Waals surface area contributed by atoms with Crippen molar-refractivity contribution in [2.45, 2.75) is 0 Å². The van der Waals surface area contributed by atoms with Crippen molar-refractivity contribution in [3.05, 3.63) is 40.7 Å². The molecule has 0 atom stereocenters. The van der Waals surface area contributed by atoms with Crippen LogP contribution in [0.4, 0.5) is 30.7 Å². The van der Waals surface area contributed by atoms with Crippen LogP contribution in [0.2, 0.25) is 0 Å². The normalized spacial score (nSPS) is 11.8. The van der Waals surface area contributed by atoms with Crippen molar-refractivity contribution in [3.63, 3.8) is 0 Å². The molecule has 0 fully saturated rings. The number of methoxy groups -OCH3 is 3. The zero-order valence-corrected chi connectivity index (χ0v) is 14.9. The lowest BCUT2D eigenvalue weighted by Crippen LogP contribution is -2.07. The molecule has 0 unspecified atom stereocenters. The number of halogens is 7. The van der Waals surface area contributed by atoms with Crippen molar-refractivity contribution in [1.82, 2.24) is 0 Å². The summed E-state index contributed by atoms with van der Waals surface area (Å²) in [5, 5.41) is -5.53. The first kappa shape index (κ1) is 19.2. The van der Waals surface area contributed by atoms with Gasteiger partial charge in [0, 0.05) is 10.8 Å². The fourth-order valence-electron chi connectivity index (χ4n) is 3.69. The third kappa shape index (κ3) is 2.08. The fraction of sp³-hybridized carbons (Fsp3) is 0.158. The summed E-state index contributed by atoms with van der Waals surface area (Å²) in [5.74, 6) is -15.3. The highest BCUT2D eigenvalue weighted by molar-refractivity contribution is 6.27. The summed E-state index contributed by atoms with van der Waals surface area (Å²) in [7, 11) is 2.69. The second-order valence-corrected chi connectivity index (χ2v) is 6.05. The van der Waals surface area contributed by atoms with E-state index >= 15 is 0 Å². The molecule has 0 heterocycles. The van der Waals surface area contributed by atoms with Gasteiger partial charge in [-0.2, -0.15) is 8.78 Å². The highest BCUT2D eigenvalue weighted by Crippen LogP contribution is 2.52. The molecule has 152 valence electrons. The second kappa shape index (κ2) is 6.16. The Morgan fingerprint density at radius 2 is 0.621 bits per heavy atom. The Balaban J connectivity index is 2.59. The number of ether oxygens (including phenoxy) is 3. The Hall–Kier alpha value is -3.17. The average molecular weight is 418 g/mol. The van der Waals surface area contributed by atoms with Crippen LogP contribution in [0.3, 0.4) is 0 Å². The number of hydrogen-bond donors (Lipinski definition) is 0. The van der Waals surface area contributed by atoms with Gasteiger partial charge in [-0.25, -0.2) is 22.0 Å². The summed E-state index contributed by atoms with van der Waals surface area (Å²) >= 11 is 0. The van der Waals surface area contributed by atoms with Gasteiger partial charge in [-0.3, -0.25) is 0 Å². The Morgan fingerprint density at radius 3 is 1.00 bits per heavy atom. The highest BCUT2D eigenvalue weighted by atomic mass is 19.2. The van der Waals surface area contributed by atoms with E-state index in [0.29, 0.717) is 0 Å². The summed E-state index contributed by atoms with van der Waals surface area (Å²) in [4.78, 5) is 0. The first-order chi connectivity index (χ1) is 13.7. The van der Waals surface area contributed by atoms with Crippen molar-refractivity contribution in [3.8, 4) is 17.2 Å². The molecule has 4 aromatic rings. The number of hydrogen-bond acceptors (Lipinski definition) is 3. The monoisotopic (exact) mass is 418 g/mol. The van der Waals surface area contributed by atoms with Crippen molar-refractivity contribution in [2.75, 3.05) is 21.3 Å². The quantitative estimate of drug-likeness (QED) is 0.321. The predicted molar refractivity (Wildman–Crippen MR) is 89.5 cm³/mol. The lowest BCUT2D eigenvalue weighted by molar-refractivity contribution is 0.354. The van der Waals surface area contributed by atoms with E-state index in [1.165, 1.54) is 0 Å². The van der Waals surface area contributed by atoms with Gasteiger partial charge in [0.25, 0.3) is 0 Å². The zero-order valence-electron chi connectivity index (χ0n) is 14.9. The topological polar surface area (TPSA) is 27.7 Å². The predicted octanol–water partition coefficient (Wildman–Crippen LogP) is 5.58. The highest BCUT2D eigenvalue weighted by Gasteiger charge is 2.35. The molecule has 0 amide bonds. The van der Waals surface area contributed by atoms with E-state index in [1.807, 2.05) is 0 Å². The maximum Gasteiger partial charge on any atom is 0.208 e. The molecule has 0 aromatic heterocycles. The van der Waals surface area contributed by atoms with E-state index in [2.05, 4.69) is 4.74 Å². The van der Waals surface area contributed by atoms with Crippen LogP contribution in [-0.4, -0.2) is 21.3 Å². The van der Waals surface area contributed by atoms with Gasteiger partial charge in [-0.05, 0) is 0 Å². The van der Waals surface area contributed by atoms with Crippen LogP contribution in [0.25, 0.3) is 32.3 Å². The molecule has 0 spiro atoms. The lowest BCUT2D eigenvalue weighted by Gasteiger charge is -2.21. The smallest absolute Gasteiger partial charge is 0.208 e. The maximum absolute atomic E-state index is 14.9. The van der Waals surface area contributed by atoms with Gasteiger partial charge in [-0.1, -0.05) is 0 Å². The van der Waals surface area contributed by atoms with Crippen LogP contribution in [-0.2, 0) is 0 Å². The summed E-state index contributed by atoms with van der Waals surface area (Å²) in [6.07, 6.45) is 0. The average Bonchev–Trinajstić information content (AvgIpc) is 2.70. The van der Waals surface area contributed by atoms with E-state index in [1.54, 1.807) is 0 Å². The van der Waals surface area contributed by atoms with Crippen LogP contribution in [0.15, 0.2) is 0 Å². The van der Waals surface area contributed by atoms with Crippen LogP contribution >= 0.6 is 0 Å². The summed E-state index contributed by atoms with van der Waals surface area (Å²) < 4.78 is 117. The van der Waals surface area contributed by atoms with Crippen molar-refractivity contribution >= 4 is 32.3 Å². The Kier molecular flexibility index (Phi) is 4.07. The van der Waals surface area contributed by atoms with E-state index in [0.717, 1.165) is 21.3 Å². The van der Waals surface area contributed by atoms with Gasteiger partial charge in [0.15, 0.2) is 46.3 Å². The minimum Gasteiger partial charge on any atom is -0.493 e. The minimum atomic E-state index is -1.93.